The molecule has 0 aliphatic rings. The lowest BCUT2D eigenvalue weighted by atomic mass is 10.9. The van der Waals surface area contributed by atoms with Gasteiger partial charge in [-0.3, -0.25) is 0 Å². The first-order valence-corrected chi connectivity index (χ1v) is 5.91. The van der Waals surface area contributed by atoms with Crippen LogP contribution in [-0.2, 0) is 4.74 Å². The zero-order valence-electron chi connectivity index (χ0n) is 7.81. The molecule has 0 atom stereocenters. The van der Waals surface area contributed by atoms with Gasteiger partial charge in [0.25, 0.3) is 6.02 Å². The summed E-state index contributed by atoms with van der Waals surface area (Å²) in [4.78, 5) is 14.8. The third kappa shape index (κ3) is 4.89. The molecule has 0 aliphatic carbocycles. The van der Waals surface area contributed by atoms with Gasteiger partial charge in [-0.25, -0.2) is 8.51 Å². The summed E-state index contributed by atoms with van der Waals surface area (Å²) >= 11 is 2.53. The predicted octanol–water partition coefficient (Wildman–Crippen LogP) is 1.32. The Hall–Kier alpha value is -0.560. The molecule has 0 aliphatic heterocycles. The van der Waals surface area contributed by atoms with E-state index in [0.717, 1.165) is 0 Å². The van der Waals surface area contributed by atoms with Crippen molar-refractivity contribution in [3.8, 4) is 0 Å². The molecular formula is C6H13N3O2S2. The van der Waals surface area contributed by atoms with Crippen LogP contribution < -0.4 is 5.73 Å². The van der Waals surface area contributed by atoms with Crippen LogP contribution in [0.4, 0.5) is 4.79 Å². The number of nitrogens with zero attached hydrogens (tertiary/aromatic N) is 2. The van der Waals surface area contributed by atoms with E-state index in [9.17, 15) is 4.79 Å². The number of nitrogens with two attached hydrogens (primary N) is 1. The first-order chi connectivity index (χ1) is 6.15. The summed E-state index contributed by atoms with van der Waals surface area (Å²) in [5, 5.41) is 0. The number of amides is 2. The van der Waals surface area contributed by atoms with E-state index in [0.29, 0.717) is 6.61 Å². The lowest BCUT2D eigenvalue weighted by Gasteiger charge is -2.11. The van der Waals surface area contributed by atoms with E-state index in [1.807, 2.05) is 0 Å². The number of hydrogen-bond acceptors (Lipinski definition) is 4. The molecule has 0 spiro atoms. The predicted molar refractivity (Wildman–Crippen MR) is 57.5 cm³/mol. The number of carbonyl (C=O) groups excluding carboxylic acids is 1. The molecule has 76 valence electrons. The van der Waals surface area contributed by atoms with Gasteiger partial charge in [-0.1, -0.05) is 0 Å². The van der Waals surface area contributed by atoms with Crippen LogP contribution >= 0.6 is 23.9 Å². The highest BCUT2D eigenvalue weighted by atomic mass is 32.2. The molecule has 0 bridgehead atoms. The van der Waals surface area contributed by atoms with E-state index in [4.69, 9.17) is 10.5 Å². The van der Waals surface area contributed by atoms with Gasteiger partial charge in [0, 0.05) is 12.5 Å². The van der Waals surface area contributed by atoms with Crippen molar-refractivity contribution >= 4 is 35.9 Å². The van der Waals surface area contributed by atoms with Gasteiger partial charge in [0.05, 0.1) is 6.61 Å². The molecule has 0 aromatic carbocycles. The third-order valence-corrected chi connectivity index (χ3v) is 2.86. The SMILES string of the molecule is CCO/C(N)=N\C(=O)N(SC)SC. The van der Waals surface area contributed by atoms with Crippen LogP contribution in [0.15, 0.2) is 4.99 Å². The molecule has 0 saturated carbocycles. The molecule has 0 heterocycles. The zero-order chi connectivity index (χ0) is 10.3. The third-order valence-electron chi connectivity index (χ3n) is 0.986. The lowest BCUT2D eigenvalue weighted by Crippen LogP contribution is -2.21. The Morgan fingerprint density at radius 1 is 1.54 bits per heavy atom. The molecular weight excluding hydrogens is 210 g/mol. The summed E-state index contributed by atoms with van der Waals surface area (Å²) in [7, 11) is 0. The number of urea groups is 1. The average Bonchev–Trinajstić information content (AvgIpc) is 2.06. The van der Waals surface area contributed by atoms with Gasteiger partial charge in [0.1, 0.15) is 0 Å². The van der Waals surface area contributed by atoms with E-state index >= 15 is 0 Å². The molecule has 0 saturated heterocycles. The summed E-state index contributed by atoms with van der Waals surface area (Å²) < 4.78 is 6.21. The van der Waals surface area contributed by atoms with Crippen molar-refractivity contribution in [3.63, 3.8) is 0 Å². The number of rotatable bonds is 3. The van der Waals surface area contributed by atoms with Crippen molar-refractivity contribution in [2.75, 3.05) is 19.1 Å². The zero-order valence-corrected chi connectivity index (χ0v) is 9.44. The highest BCUT2D eigenvalue weighted by Crippen LogP contribution is 2.17. The highest BCUT2D eigenvalue weighted by Gasteiger charge is 2.10. The molecule has 5 nitrogen and oxygen atoms in total. The Morgan fingerprint density at radius 3 is 2.46 bits per heavy atom. The number of hydrogen-bond donors (Lipinski definition) is 1. The fourth-order valence-corrected chi connectivity index (χ4v) is 1.54. The van der Waals surface area contributed by atoms with Crippen LogP contribution in [0.1, 0.15) is 6.92 Å². The Bertz CT molecular complexity index is 194. The number of ether oxygens (including phenoxy) is 1. The van der Waals surface area contributed by atoms with Gasteiger partial charge in [-0.2, -0.15) is 0 Å². The van der Waals surface area contributed by atoms with Crippen LogP contribution in [0, 0.1) is 0 Å². The first-order valence-electron chi connectivity index (χ1n) is 3.55. The first kappa shape index (κ1) is 12.4. The van der Waals surface area contributed by atoms with Gasteiger partial charge in [0.15, 0.2) is 0 Å². The second kappa shape index (κ2) is 6.90. The van der Waals surface area contributed by atoms with Crippen molar-refractivity contribution in [1.82, 2.24) is 3.71 Å². The average molecular weight is 223 g/mol. The highest BCUT2D eigenvalue weighted by molar-refractivity contribution is 8.12. The Kier molecular flexibility index (Phi) is 6.61. The van der Waals surface area contributed by atoms with Crippen molar-refractivity contribution < 1.29 is 9.53 Å². The van der Waals surface area contributed by atoms with Gasteiger partial charge in [0.2, 0.25) is 0 Å². The van der Waals surface area contributed by atoms with Crippen molar-refractivity contribution in [1.29, 1.82) is 0 Å². The number of carbonyl (C=O) groups is 1. The standard InChI is InChI=1S/C6H13N3O2S2/c1-4-11-5(7)8-6(10)9(12-2)13-3/h4H2,1-3H3,(H2,7,8,10). The Labute approximate surface area is 86.4 Å². The minimum atomic E-state index is -0.425. The fourth-order valence-electron chi connectivity index (χ4n) is 0.546. The molecule has 2 N–H and O–H groups in total. The Balaban J connectivity index is 4.17. The Morgan fingerprint density at radius 2 is 2.08 bits per heavy atom. The molecule has 0 unspecified atom stereocenters. The summed E-state index contributed by atoms with van der Waals surface area (Å²) in [6, 6.07) is -0.522. The summed E-state index contributed by atoms with van der Waals surface area (Å²) in [5.41, 5.74) is 5.29. The summed E-state index contributed by atoms with van der Waals surface area (Å²) in [6.07, 6.45) is 3.56. The van der Waals surface area contributed by atoms with Crippen LogP contribution in [0.2, 0.25) is 0 Å². The minimum absolute atomic E-state index is 0.0967. The maximum atomic E-state index is 11.2. The van der Waals surface area contributed by atoms with E-state index in [-0.39, 0.29) is 6.02 Å². The van der Waals surface area contributed by atoms with E-state index in [1.54, 1.807) is 19.4 Å². The molecule has 7 heteroatoms. The van der Waals surface area contributed by atoms with E-state index in [2.05, 4.69) is 4.99 Å². The molecule has 0 aromatic rings. The fraction of sp³-hybridized carbons (Fsp3) is 0.667. The topological polar surface area (TPSA) is 67.9 Å². The van der Waals surface area contributed by atoms with Gasteiger partial charge in [-0.05, 0) is 30.8 Å². The van der Waals surface area contributed by atoms with Gasteiger partial charge >= 0.3 is 6.03 Å². The molecule has 13 heavy (non-hydrogen) atoms. The number of aliphatic imine (C=N–C) groups is 1. The van der Waals surface area contributed by atoms with Gasteiger partial charge in [-0.15, -0.1) is 4.99 Å². The second-order valence-corrected chi connectivity index (χ2v) is 3.48. The molecule has 0 radical (unpaired) electrons. The van der Waals surface area contributed by atoms with Crippen LogP contribution in [0.25, 0.3) is 0 Å². The smallest absolute Gasteiger partial charge is 0.368 e. The monoisotopic (exact) mass is 223 g/mol. The maximum absolute atomic E-state index is 11.2. The minimum Gasteiger partial charge on any atom is -0.465 e. The van der Waals surface area contributed by atoms with Crippen LogP contribution in [0.5, 0.6) is 0 Å². The molecule has 2 amide bonds. The van der Waals surface area contributed by atoms with E-state index < -0.39 is 6.03 Å². The lowest BCUT2D eigenvalue weighted by molar-refractivity contribution is 0.245. The molecule has 0 rings (SSSR count). The largest absolute Gasteiger partial charge is 0.465 e. The van der Waals surface area contributed by atoms with Crippen LogP contribution in [-0.4, -0.2) is 34.9 Å². The van der Waals surface area contributed by atoms with Crippen molar-refractivity contribution in [3.05, 3.63) is 0 Å². The van der Waals surface area contributed by atoms with Crippen molar-refractivity contribution in [2.24, 2.45) is 10.7 Å². The second-order valence-electron chi connectivity index (χ2n) is 1.79. The molecule has 0 aromatic heterocycles. The van der Waals surface area contributed by atoms with E-state index in [1.165, 1.54) is 27.6 Å². The molecule has 0 fully saturated rings. The van der Waals surface area contributed by atoms with Gasteiger partial charge < -0.3 is 10.5 Å². The number of amidine groups is 1. The van der Waals surface area contributed by atoms with Crippen LogP contribution in [0.3, 0.4) is 0 Å². The quantitative estimate of drug-likeness (QED) is 0.444. The normalized spacial score (nSPS) is 11.2. The summed E-state index contributed by atoms with van der Waals surface area (Å²) in [5.74, 6) is 0. The summed E-state index contributed by atoms with van der Waals surface area (Å²) in [6.45, 7) is 2.18. The maximum Gasteiger partial charge on any atom is 0.368 e. The van der Waals surface area contributed by atoms with Crippen molar-refractivity contribution in [2.45, 2.75) is 6.92 Å².